The van der Waals surface area contributed by atoms with Gasteiger partial charge < -0.3 is 18.9 Å². The van der Waals surface area contributed by atoms with Crippen LogP contribution in [-0.2, 0) is 4.79 Å². The minimum Gasteiger partial charge on any atom is -0.493 e. The molecular formula is C23H24ClN3O4. The van der Waals surface area contributed by atoms with Crippen LogP contribution in [0.4, 0.5) is 5.69 Å². The minimum atomic E-state index is -0.172. The van der Waals surface area contributed by atoms with E-state index in [1.807, 2.05) is 51.1 Å². The molecule has 0 aliphatic carbocycles. The van der Waals surface area contributed by atoms with E-state index in [9.17, 15) is 4.79 Å². The van der Waals surface area contributed by atoms with Crippen LogP contribution >= 0.6 is 11.6 Å². The molecule has 0 bridgehead atoms. The number of hydrogen-bond acceptors (Lipinski definition) is 6. The Hall–Kier alpha value is -3.06. The van der Waals surface area contributed by atoms with Crippen molar-refractivity contribution in [3.63, 3.8) is 0 Å². The maximum atomic E-state index is 12.7. The highest BCUT2D eigenvalue weighted by molar-refractivity contribution is 6.30. The van der Waals surface area contributed by atoms with Gasteiger partial charge in [0.2, 0.25) is 17.6 Å². The first kappa shape index (κ1) is 21.2. The molecule has 1 amide bonds. The van der Waals surface area contributed by atoms with Crippen molar-refractivity contribution in [2.24, 2.45) is 0 Å². The van der Waals surface area contributed by atoms with Gasteiger partial charge in [0.25, 0.3) is 0 Å². The normalized spacial score (nSPS) is 16.3. The maximum Gasteiger partial charge on any atom is 0.232 e. The molecule has 162 valence electrons. The van der Waals surface area contributed by atoms with Gasteiger partial charge in [-0.25, -0.2) is 0 Å². The number of benzene rings is 2. The van der Waals surface area contributed by atoms with Gasteiger partial charge in [-0.05, 0) is 62.7 Å². The number of carbonyl (C=O) groups excluding carboxylic acids is 1. The molecule has 1 aromatic heterocycles. The number of aryl methyl sites for hydroxylation is 1. The summed E-state index contributed by atoms with van der Waals surface area (Å²) in [5, 5.41) is 4.76. The lowest BCUT2D eigenvalue weighted by molar-refractivity contribution is -0.117. The van der Waals surface area contributed by atoms with Crippen LogP contribution < -0.4 is 14.4 Å². The molecule has 0 N–H and O–H groups in total. The van der Waals surface area contributed by atoms with Crippen molar-refractivity contribution in [1.29, 1.82) is 0 Å². The summed E-state index contributed by atoms with van der Waals surface area (Å²) in [6, 6.07) is 11.0. The van der Waals surface area contributed by atoms with Crippen molar-refractivity contribution in [2.75, 3.05) is 18.6 Å². The third-order valence-electron chi connectivity index (χ3n) is 5.15. The zero-order chi connectivity index (χ0) is 22.1. The number of nitrogens with zero attached hydrogens (tertiary/aromatic N) is 3. The van der Waals surface area contributed by atoms with Crippen molar-refractivity contribution >= 4 is 23.2 Å². The molecule has 1 fully saturated rings. The van der Waals surface area contributed by atoms with Gasteiger partial charge in [0.05, 0.1) is 19.1 Å². The highest BCUT2D eigenvalue weighted by Gasteiger charge is 2.35. The number of amides is 1. The first-order valence-electron chi connectivity index (χ1n) is 10.1. The van der Waals surface area contributed by atoms with Gasteiger partial charge in [-0.1, -0.05) is 16.8 Å². The van der Waals surface area contributed by atoms with Gasteiger partial charge in [-0.2, -0.15) is 4.98 Å². The summed E-state index contributed by atoms with van der Waals surface area (Å²) in [7, 11) is 1.59. The van der Waals surface area contributed by atoms with Crippen LogP contribution in [-0.4, -0.2) is 35.8 Å². The third-order valence-corrected chi connectivity index (χ3v) is 5.39. The van der Waals surface area contributed by atoms with E-state index >= 15 is 0 Å². The largest absolute Gasteiger partial charge is 0.493 e. The first-order chi connectivity index (χ1) is 14.9. The monoisotopic (exact) mass is 441 g/mol. The van der Waals surface area contributed by atoms with Crippen molar-refractivity contribution < 1.29 is 18.8 Å². The van der Waals surface area contributed by atoms with Gasteiger partial charge in [0, 0.05) is 29.2 Å². The molecular weight excluding hydrogens is 418 g/mol. The second-order valence-corrected chi connectivity index (χ2v) is 8.26. The smallest absolute Gasteiger partial charge is 0.232 e. The van der Waals surface area contributed by atoms with Crippen LogP contribution in [0.3, 0.4) is 0 Å². The molecule has 1 aliphatic rings. The molecule has 4 rings (SSSR count). The summed E-state index contributed by atoms with van der Waals surface area (Å²) in [6.45, 7) is 6.33. The number of rotatable bonds is 6. The summed E-state index contributed by atoms with van der Waals surface area (Å²) >= 11 is 6.05. The molecule has 0 radical (unpaired) electrons. The van der Waals surface area contributed by atoms with Crippen molar-refractivity contribution in [2.45, 2.75) is 39.2 Å². The molecule has 0 saturated carbocycles. The number of aromatic nitrogens is 2. The molecule has 7 nitrogen and oxygen atoms in total. The highest BCUT2D eigenvalue weighted by atomic mass is 35.5. The van der Waals surface area contributed by atoms with E-state index in [0.717, 1.165) is 16.8 Å². The molecule has 0 spiro atoms. The molecule has 1 aliphatic heterocycles. The summed E-state index contributed by atoms with van der Waals surface area (Å²) < 4.78 is 16.7. The lowest BCUT2D eigenvalue weighted by atomic mass is 10.1. The van der Waals surface area contributed by atoms with Crippen molar-refractivity contribution in [3.8, 4) is 22.9 Å². The molecule has 1 saturated heterocycles. The van der Waals surface area contributed by atoms with Crippen LogP contribution in [0.2, 0.25) is 5.02 Å². The van der Waals surface area contributed by atoms with Gasteiger partial charge in [-0.15, -0.1) is 0 Å². The van der Waals surface area contributed by atoms with E-state index < -0.39 is 0 Å². The fourth-order valence-electron chi connectivity index (χ4n) is 3.70. The number of halogens is 1. The molecule has 2 aromatic carbocycles. The van der Waals surface area contributed by atoms with Crippen LogP contribution in [0.1, 0.15) is 37.6 Å². The number of carbonyl (C=O) groups is 1. The van der Waals surface area contributed by atoms with Gasteiger partial charge in [0.15, 0.2) is 11.5 Å². The Kier molecular flexibility index (Phi) is 5.87. The van der Waals surface area contributed by atoms with E-state index in [-0.39, 0.29) is 17.9 Å². The Bertz CT molecular complexity index is 1110. The highest BCUT2D eigenvalue weighted by Crippen LogP contribution is 2.36. The van der Waals surface area contributed by atoms with Crippen LogP contribution in [0, 0.1) is 6.92 Å². The van der Waals surface area contributed by atoms with Crippen molar-refractivity contribution in [1.82, 2.24) is 10.1 Å². The number of anilines is 1. The summed E-state index contributed by atoms with van der Waals surface area (Å²) in [6.07, 6.45) is 0.345. The minimum absolute atomic E-state index is 0.0204. The van der Waals surface area contributed by atoms with Crippen LogP contribution in [0.5, 0.6) is 11.5 Å². The predicted octanol–water partition coefficient (Wildman–Crippen LogP) is 5.01. The predicted molar refractivity (Wildman–Crippen MR) is 118 cm³/mol. The Morgan fingerprint density at radius 3 is 2.71 bits per heavy atom. The SMILES string of the molecule is COc1cc(-c2noc(C3CC(=O)N(c4ccc(Cl)cc4C)C3)n2)ccc1OC(C)C. The Morgan fingerprint density at radius 2 is 2.00 bits per heavy atom. The summed E-state index contributed by atoms with van der Waals surface area (Å²) in [4.78, 5) is 19.0. The van der Waals surface area contributed by atoms with Gasteiger partial charge in [0.1, 0.15) is 0 Å². The molecule has 3 aromatic rings. The topological polar surface area (TPSA) is 77.7 Å². The Morgan fingerprint density at radius 1 is 1.19 bits per heavy atom. The first-order valence-corrected chi connectivity index (χ1v) is 10.5. The number of ether oxygens (including phenoxy) is 2. The second-order valence-electron chi connectivity index (χ2n) is 7.82. The molecule has 31 heavy (non-hydrogen) atoms. The standard InChI is InChI=1S/C23H24ClN3O4/c1-13(2)30-19-8-5-15(10-20(19)29-4)22-25-23(31-26-22)16-11-21(28)27(12-16)18-7-6-17(24)9-14(18)3/h5-10,13,16H,11-12H2,1-4H3. The zero-order valence-corrected chi connectivity index (χ0v) is 18.6. The Balaban J connectivity index is 1.55. The number of hydrogen-bond donors (Lipinski definition) is 0. The lowest BCUT2D eigenvalue weighted by Gasteiger charge is -2.18. The Labute approximate surface area is 185 Å². The fraction of sp³-hybridized carbons (Fsp3) is 0.348. The average molecular weight is 442 g/mol. The second kappa shape index (κ2) is 8.59. The molecule has 1 unspecified atom stereocenters. The summed E-state index contributed by atoms with van der Waals surface area (Å²) in [5.74, 6) is 1.98. The van der Waals surface area contributed by atoms with Gasteiger partial charge in [-0.3, -0.25) is 4.79 Å². The molecule has 1 atom stereocenters. The summed E-state index contributed by atoms with van der Waals surface area (Å²) in [5.41, 5.74) is 2.54. The van der Waals surface area contributed by atoms with Gasteiger partial charge >= 0.3 is 0 Å². The maximum absolute atomic E-state index is 12.7. The zero-order valence-electron chi connectivity index (χ0n) is 17.9. The van der Waals surface area contributed by atoms with E-state index in [0.29, 0.717) is 41.2 Å². The van der Waals surface area contributed by atoms with E-state index in [1.54, 1.807) is 18.1 Å². The third kappa shape index (κ3) is 4.37. The van der Waals surface area contributed by atoms with E-state index in [4.69, 9.17) is 25.6 Å². The molecule has 2 heterocycles. The lowest BCUT2D eigenvalue weighted by Crippen LogP contribution is -2.25. The van der Waals surface area contributed by atoms with Crippen molar-refractivity contribution in [3.05, 3.63) is 52.9 Å². The number of methoxy groups -OCH3 is 1. The van der Waals surface area contributed by atoms with E-state index in [2.05, 4.69) is 10.1 Å². The average Bonchev–Trinajstić information content (AvgIpc) is 3.35. The van der Waals surface area contributed by atoms with Crippen LogP contribution in [0.25, 0.3) is 11.4 Å². The van der Waals surface area contributed by atoms with Crippen LogP contribution in [0.15, 0.2) is 40.9 Å². The molecule has 8 heteroatoms. The quantitative estimate of drug-likeness (QED) is 0.534. The van der Waals surface area contributed by atoms with E-state index in [1.165, 1.54) is 0 Å². The fourth-order valence-corrected chi connectivity index (χ4v) is 3.93.